The Labute approximate surface area is 252 Å². The first-order valence-electron chi connectivity index (χ1n) is 13.0. The van der Waals surface area contributed by atoms with Gasteiger partial charge in [-0.1, -0.05) is 23.2 Å². The molecule has 6 aromatic rings. The van der Waals surface area contributed by atoms with Gasteiger partial charge in [0.2, 0.25) is 0 Å². The van der Waals surface area contributed by atoms with E-state index in [4.69, 9.17) is 32.7 Å². The van der Waals surface area contributed by atoms with Gasteiger partial charge in [-0.05, 0) is 97.1 Å². The van der Waals surface area contributed by atoms with Gasteiger partial charge in [0.25, 0.3) is 5.78 Å². The Kier molecular flexibility index (Phi) is 7.52. The Bertz CT molecular complexity index is 1720. The van der Waals surface area contributed by atoms with Crippen LogP contribution < -0.4 is 9.47 Å². The van der Waals surface area contributed by atoms with Gasteiger partial charge in [-0.15, -0.1) is 0 Å². The van der Waals surface area contributed by atoms with Crippen molar-refractivity contribution in [1.29, 1.82) is 0 Å². The third kappa shape index (κ3) is 5.93. The summed E-state index contributed by atoms with van der Waals surface area (Å²) < 4.78 is 15.2. The summed E-state index contributed by atoms with van der Waals surface area (Å²) in [5.74, 6) is 3.04. The van der Waals surface area contributed by atoms with Crippen LogP contribution in [0.5, 0.6) is 23.0 Å². The molecular formula is C33H24Cl2N4O3. The number of carbonyl (C=O) groups excluding carboxylic acids is 1. The van der Waals surface area contributed by atoms with Crippen LogP contribution >= 0.6 is 23.2 Å². The standard InChI is InChI=1S/C33H24Cl2N4O3/c1-38-19-29(21-3-11-25(12-4-21)41-27-15-7-23(34)8-16-27)36-32(38)31(40)33-37-30(20-39(33)2)22-5-13-26(14-6-22)42-28-17-9-24(35)10-18-28/h3-20H,1-2H3. The maximum absolute atomic E-state index is 13.5. The fourth-order valence-corrected chi connectivity index (χ4v) is 4.65. The summed E-state index contributed by atoms with van der Waals surface area (Å²) in [6.45, 7) is 0. The molecule has 0 N–H and O–H groups in total. The average molecular weight is 595 g/mol. The normalized spacial score (nSPS) is 11.0. The Hall–Kier alpha value is -4.85. The molecule has 0 fully saturated rings. The molecule has 0 aliphatic carbocycles. The van der Waals surface area contributed by atoms with Crippen molar-refractivity contribution in [2.75, 3.05) is 0 Å². The van der Waals surface area contributed by atoms with Crippen LogP contribution in [0, 0.1) is 0 Å². The van der Waals surface area contributed by atoms with Gasteiger partial charge < -0.3 is 18.6 Å². The SMILES string of the molecule is Cn1cc(-c2ccc(Oc3ccc(Cl)cc3)cc2)nc1C(=O)c1nc(-c2ccc(Oc3ccc(Cl)cc3)cc2)cn1C. The lowest BCUT2D eigenvalue weighted by Crippen LogP contribution is -2.13. The van der Waals surface area contributed by atoms with Crippen LogP contribution in [0.25, 0.3) is 22.5 Å². The van der Waals surface area contributed by atoms with E-state index >= 15 is 0 Å². The molecule has 0 unspecified atom stereocenters. The second kappa shape index (κ2) is 11.6. The summed E-state index contributed by atoms with van der Waals surface area (Å²) in [5.41, 5.74) is 3.05. The molecule has 4 aromatic carbocycles. The van der Waals surface area contributed by atoms with Crippen molar-refractivity contribution < 1.29 is 14.3 Å². The predicted molar refractivity (Wildman–Crippen MR) is 164 cm³/mol. The molecule has 208 valence electrons. The van der Waals surface area contributed by atoms with Gasteiger partial charge in [0.1, 0.15) is 23.0 Å². The minimum atomic E-state index is -0.275. The monoisotopic (exact) mass is 594 g/mol. The molecule has 0 saturated heterocycles. The molecule has 2 heterocycles. The third-order valence-corrected chi connectivity index (χ3v) is 7.06. The highest BCUT2D eigenvalue weighted by atomic mass is 35.5. The number of ether oxygens (including phenoxy) is 2. The van der Waals surface area contributed by atoms with E-state index in [9.17, 15) is 4.79 Å². The number of carbonyl (C=O) groups is 1. The van der Waals surface area contributed by atoms with Gasteiger partial charge in [-0.2, -0.15) is 0 Å². The van der Waals surface area contributed by atoms with Gasteiger partial charge in [0, 0.05) is 47.7 Å². The fourth-order valence-electron chi connectivity index (χ4n) is 4.40. The third-order valence-electron chi connectivity index (χ3n) is 6.56. The average Bonchev–Trinajstić information content (AvgIpc) is 3.58. The van der Waals surface area contributed by atoms with Crippen LogP contribution in [0.4, 0.5) is 0 Å². The van der Waals surface area contributed by atoms with Gasteiger partial charge in [0.05, 0.1) is 11.4 Å². The first kappa shape index (κ1) is 27.3. The van der Waals surface area contributed by atoms with E-state index in [-0.39, 0.29) is 5.78 Å². The van der Waals surface area contributed by atoms with Crippen LogP contribution in [0.2, 0.25) is 10.0 Å². The number of hydrogen-bond donors (Lipinski definition) is 0. The fraction of sp³-hybridized carbons (Fsp3) is 0.0606. The Morgan fingerprint density at radius 2 is 0.857 bits per heavy atom. The number of halogens is 2. The minimum Gasteiger partial charge on any atom is -0.457 e. The van der Waals surface area contributed by atoms with E-state index in [1.54, 1.807) is 47.5 Å². The van der Waals surface area contributed by atoms with E-state index in [2.05, 4.69) is 9.97 Å². The van der Waals surface area contributed by atoms with Crippen LogP contribution in [0.15, 0.2) is 109 Å². The molecule has 0 spiro atoms. The molecule has 9 heteroatoms. The van der Waals surface area contributed by atoms with Crippen LogP contribution in [-0.2, 0) is 14.1 Å². The lowest BCUT2D eigenvalue weighted by atomic mass is 10.1. The number of imidazole rings is 2. The maximum atomic E-state index is 13.5. The number of aryl methyl sites for hydroxylation is 2. The summed E-state index contributed by atoms with van der Waals surface area (Å²) in [5, 5.41) is 1.30. The molecule has 42 heavy (non-hydrogen) atoms. The van der Waals surface area contributed by atoms with Gasteiger partial charge in [-0.25, -0.2) is 9.97 Å². The zero-order valence-corrected chi connectivity index (χ0v) is 24.2. The lowest BCUT2D eigenvalue weighted by molar-refractivity contribution is 0.101. The summed E-state index contributed by atoms with van der Waals surface area (Å²) >= 11 is 11.9. The number of benzene rings is 4. The largest absolute Gasteiger partial charge is 0.457 e. The Morgan fingerprint density at radius 3 is 1.19 bits per heavy atom. The molecule has 2 aromatic heterocycles. The minimum absolute atomic E-state index is 0.275. The van der Waals surface area contributed by atoms with Gasteiger partial charge >= 0.3 is 0 Å². The summed E-state index contributed by atoms with van der Waals surface area (Å²) in [6.07, 6.45) is 3.65. The maximum Gasteiger partial charge on any atom is 0.263 e. The second-order valence-electron chi connectivity index (χ2n) is 9.61. The first-order valence-corrected chi connectivity index (χ1v) is 13.8. The van der Waals surface area contributed by atoms with Gasteiger partial charge in [-0.3, -0.25) is 4.79 Å². The van der Waals surface area contributed by atoms with E-state index in [0.29, 0.717) is 56.1 Å². The first-order chi connectivity index (χ1) is 20.3. The van der Waals surface area contributed by atoms with Crippen LogP contribution in [0.3, 0.4) is 0 Å². The molecule has 0 aliphatic heterocycles. The summed E-state index contributed by atoms with van der Waals surface area (Å²) in [6, 6.07) is 29.4. The summed E-state index contributed by atoms with van der Waals surface area (Å²) in [4.78, 5) is 22.8. The highest BCUT2D eigenvalue weighted by molar-refractivity contribution is 6.30. The van der Waals surface area contributed by atoms with E-state index in [1.807, 2.05) is 85.2 Å². The topological polar surface area (TPSA) is 71.2 Å². The van der Waals surface area contributed by atoms with Crippen molar-refractivity contribution in [3.8, 4) is 45.5 Å². The van der Waals surface area contributed by atoms with E-state index < -0.39 is 0 Å². The second-order valence-corrected chi connectivity index (χ2v) is 10.5. The quantitative estimate of drug-likeness (QED) is 0.165. The van der Waals surface area contributed by atoms with E-state index in [0.717, 1.165) is 11.1 Å². The Balaban J connectivity index is 1.17. The molecule has 6 rings (SSSR count). The van der Waals surface area contributed by atoms with Crippen molar-refractivity contribution in [2.45, 2.75) is 0 Å². The molecule has 7 nitrogen and oxygen atoms in total. The molecule has 0 atom stereocenters. The van der Waals surface area contributed by atoms with Crippen molar-refractivity contribution in [3.63, 3.8) is 0 Å². The molecule has 0 aliphatic rings. The zero-order chi connectivity index (χ0) is 29.2. The molecular weight excluding hydrogens is 571 g/mol. The van der Waals surface area contributed by atoms with Crippen molar-refractivity contribution in [3.05, 3.63) is 131 Å². The van der Waals surface area contributed by atoms with Crippen molar-refractivity contribution in [2.24, 2.45) is 14.1 Å². The number of ketones is 1. The molecule has 0 bridgehead atoms. The van der Waals surface area contributed by atoms with Crippen LogP contribution in [-0.4, -0.2) is 24.9 Å². The molecule has 0 amide bonds. The van der Waals surface area contributed by atoms with Crippen LogP contribution in [0.1, 0.15) is 16.4 Å². The number of hydrogen-bond acceptors (Lipinski definition) is 5. The zero-order valence-electron chi connectivity index (χ0n) is 22.7. The molecule has 0 radical (unpaired) electrons. The van der Waals surface area contributed by atoms with Crippen molar-refractivity contribution in [1.82, 2.24) is 19.1 Å². The predicted octanol–water partition coefficient (Wildman–Crippen LogP) is 8.61. The number of nitrogens with zero attached hydrogens (tertiary/aromatic N) is 4. The number of rotatable bonds is 8. The van der Waals surface area contributed by atoms with Gasteiger partial charge in [0.15, 0.2) is 11.6 Å². The number of aromatic nitrogens is 4. The van der Waals surface area contributed by atoms with E-state index in [1.165, 1.54) is 0 Å². The highest BCUT2D eigenvalue weighted by Gasteiger charge is 2.22. The highest BCUT2D eigenvalue weighted by Crippen LogP contribution is 2.29. The summed E-state index contributed by atoms with van der Waals surface area (Å²) in [7, 11) is 3.59. The molecule has 0 saturated carbocycles. The lowest BCUT2D eigenvalue weighted by Gasteiger charge is -2.06. The van der Waals surface area contributed by atoms with Crippen molar-refractivity contribution >= 4 is 29.0 Å². The Morgan fingerprint density at radius 1 is 0.548 bits per heavy atom. The smallest absolute Gasteiger partial charge is 0.263 e.